The summed E-state index contributed by atoms with van der Waals surface area (Å²) in [6.07, 6.45) is 0.658. The average Bonchev–Trinajstić information content (AvgIpc) is 3.05. The number of halogens is 3. The van der Waals surface area contributed by atoms with Crippen LogP contribution in [0.2, 0.25) is 0 Å². The average molecular weight is 582 g/mol. The molecule has 0 unspecified atom stereocenters. The molecule has 7 nitrogen and oxygen atoms in total. The third kappa shape index (κ3) is 5.25. The van der Waals surface area contributed by atoms with Gasteiger partial charge in [0, 0.05) is 10.2 Å². The number of nitrogens with one attached hydrogen (secondary N) is 1. The van der Waals surface area contributed by atoms with Crippen molar-refractivity contribution in [2.24, 2.45) is 11.8 Å². The number of imide groups is 1. The summed E-state index contributed by atoms with van der Waals surface area (Å²) in [6.45, 7) is 3.33. The molecule has 0 bridgehead atoms. The highest BCUT2D eigenvalue weighted by molar-refractivity contribution is 9.10. The van der Waals surface area contributed by atoms with Crippen molar-refractivity contribution in [3.05, 3.63) is 57.6 Å². The van der Waals surface area contributed by atoms with Crippen LogP contribution in [-0.2, 0) is 19.1 Å². The van der Waals surface area contributed by atoms with E-state index in [-0.39, 0.29) is 33.8 Å². The molecule has 2 aromatic rings. The van der Waals surface area contributed by atoms with E-state index < -0.39 is 30.3 Å². The number of rotatable bonds is 5. The monoisotopic (exact) mass is 580 g/mol. The zero-order valence-electron chi connectivity index (χ0n) is 19.0. The van der Waals surface area contributed by atoms with Gasteiger partial charge >= 0.3 is 5.97 Å². The number of carbonyl (C=O) groups is 4. The van der Waals surface area contributed by atoms with Crippen molar-refractivity contribution >= 4 is 74.2 Å². The molecule has 0 spiro atoms. The number of fused-ring (bicyclic) bond motifs is 1. The maximum Gasteiger partial charge on any atom is 0.338 e. The van der Waals surface area contributed by atoms with Gasteiger partial charge in [0.25, 0.3) is 5.91 Å². The third-order valence-corrected chi connectivity index (χ3v) is 8.65. The molecule has 1 heterocycles. The van der Waals surface area contributed by atoms with Gasteiger partial charge in [-0.05, 0) is 68.1 Å². The first-order valence-corrected chi connectivity index (χ1v) is 12.7. The summed E-state index contributed by atoms with van der Waals surface area (Å²) in [5.74, 6) is -2.98. The van der Waals surface area contributed by atoms with Crippen molar-refractivity contribution in [3.63, 3.8) is 0 Å². The van der Waals surface area contributed by atoms with Crippen molar-refractivity contribution < 1.29 is 23.9 Å². The molecule has 2 aliphatic rings. The smallest absolute Gasteiger partial charge is 0.338 e. The molecule has 10 heteroatoms. The van der Waals surface area contributed by atoms with Gasteiger partial charge in [-0.15, -0.1) is 23.2 Å². The van der Waals surface area contributed by atoms with Gasteiger partial charge in [-0.2, -0.15) is 0 Å². The summed E-state index contributed by atoms with van der Waals surface area (Å²) in [7, 11) is 0. The SMILES string of the molecule is Cc1cc(NC(=O)COC(=O)c2cccc(N3C(=O)[C@@H]4C[C@H](Cl)[C@@H](Cl)C[C@H]4C3=O)c2)cc(C)c1Br. The van der Waals surface area contributed by atoms with E-state index in [9.17, 15) is 19.2 Å². The number of anilines is 2. The maximum absolute atomic E-state index is 13.0. The number of benzene rings is 2. The van der Waals surface area contributed by atoms with Gasteiger partial charge in [-0.25, -0.2) is 4.79 Å². The van der Waals surface area contributed by atoms with Crippen LogP contribution in [0.3, 0.4) is 0 Å². The van der Waals surface area contributed by atoms with Crippen molar-refractivity contribution in [2.45, 2.75) is 37.4 Å². The number of aryl methyl sites for hydroxylation is 2. The molecule has 0 aromatic heterocycles. The highest BCUT2D eigenvalue weighted by Gasteiger charge is 2.52. The molecule has 1 saturated carbocycles. The number of amides is 3. The summed E-state index contributed by atoms with van der Waals surface area (Å²) in [5, 5.41) is 1.94. The lowest BCUT2D eigenvalue weighted by molar-refractivity contribution is -0.122. The van der Waals surface area contributed by atoms with Crippen molar-refractivity contribution in [2.75, 3.05) is 16.8 Å². The van der Waals surface area contributed by atoms with Crippen molar-refractivity contribution in [1.29, 1.82) is 0 Å². The van der Waals surface area contributed by atoms with Gasteiger partial charge in [0.05, 0.1) is 33.8 Å². The van der Waals surface area contributed by atoms with Crippen LogP contribution < -0.4 is 10.2 Å². The molecule has 1 saturated heterocycles. The summed E-state index contributed by atoms with van der Waals surface area (Å²) in [5.41, 5.74) is 2.90. The van der Waals surface area contributed by atoms with Gasteiger partial charge in [0.15, 0.2) is 6.61 Å². The summed E-state index contributed by atoms with van der Waals surface area (Å²) in [6, 6.07) is 9.64. The Morgan fingerprint density at radius 2 is 1.60 bits per heavy atom. The second-order valence-electron chi connectivity index (χ2n) is 8.83. The number of hydrogen-bond acceptors (Lipinski definition) is 5. The zero-order valence-corrected chi connectivity index (χ0v) is 22.1. The Balaban J connectivity index is 1.42. The number of carbonyl (C=O) groups excluding carboxylic acids is 4. The zero-order chi connectivity index (χ0) is 25.4. The van der Waals surface area contributed by atoms with E-state index in [1.54, 1.807) is 24.3 Å². The van der Waals surface area contributed by atoms with E-state index in [0.717, 1.165) is 20.5 Å². The molecule has 184 valence electrons. The summed E-state index contributed by atoms with van der Waals surface area (Å²) >= 11 is 15.9. The van der Waals surface area contributed by atoms with Crippen LogP contribution in [-0.4, -0.2) is 41.1 Å². The molecule has 4 atom stereocenters. The van der Waals surface area contributed by atoms with Crippen LogP contribution in [0.5, 0.6) is 0 Å². The predicted molar refractivity (Wildman–Crippen MR) is 137 cm³/mol. The normalized spacial score (nSPS) is 23.7. The number of alkyl halides is 2. The molecular formula is C25H23BrCl2N2O5. The molecule has 1 aliphatic heterocycles. The predicted octanol–water partition coefficient (Wildman–Crippen LogP) is 4.98. The minimum atomic E-state index is -0.747. The van der Waals surface area contributed by atoms with E-state index in [1.807, 2.05) is 13.8 Å². The highest BCUT2D eigenvalue weighted by atomic mass is 79.9. The van der Waals surface area contributed by atoms with Crippen LogP contribution in [0.1, 0.15) is 34.3 Å². The Kier molecular flexibility index (Phi) is 7.54. The minimum absolute atomic E-state index is 0.117. The van der Waals surface area contributed by atoms with Gasteiger partial charge in [-0.3, -0.25) is 19.3 Å². The van der Waals surface area contributed by atoms with E-state index in [1.165, 1.54) is 12.1 Å². The fourth-order valence-electron chi connectivity index (χ4n) is 4.55. The first-order chi connectivity index (χ1) is 16.6. The maximum atomic E-state index is 13.0. The summed E-state index contributed by atoms with van der Waals surface area (Å²) in [4.78, 5) is 51.9. The van der Waals surface area contributed by atoms with Crippen molar-refractivity contribution in [1.82, 2.24) is 0 Å². The summed E-state index contributed by atoms with van der Waals surface area (Å²) < 4.78 is 6.12. The van der Waals surface area contributed by atoms with Gasteiger partial charge in [0.2, 0.25) is 11.8 Å². The number of ether oxygens (including phenoxy) is 1. The first-order valence-electron chi connectivity index (χ1n) is 11.1. The molecule has 3 amide bonds. The Labute approximate surface area is 221 Å². The molecular weight excluding hydrogens is 559 g/mol. The first kappa shape index (κ1) is 25.7. The Morgan fingerprint density at radius 1 is 1.03 bits per heavy atom. The number of nitrogens with zero attached hydrogens (tertiary/aromatic N) is 1. The molecule has 35 heavy (non-hydrogen) atoms. The lowest BCUT2D eigenvalue weighted by atomic mass is 9.80. The lowest BCUT2D eigenvalue weighted by Crippen LogP contribution is -2.34. The number of esters is 1. The van der Waals surface area contributed by atoms with Crippen molar-refractivity contribution in [3.8, 4) is 0 Å². The minimum Gasteiger partial charge on any atom is -0.452 e. The number of hydrogen-bond donors (Lipinski definition) is 1. The second-order valence-corrected chi connectivity index (χ2v) is 10.7. The van der Waals surface area contributed by atoms with Crippen LogP contribution in [0.25, 0.3) is 0 Å². The van der Waals surface area contributed by atoms with Crippen LogP contribution in [0.4, 0.5) is 11.4 Å². The fraction of sp³-hybridized carbons (Fsp3) is 0.360. The Bertz CT molecular complexity index is 1170. The van der Waals surface area contributed by atoms with Gasteiger partial charge in [-0.1, -0.05) is 22.0 Å². The molecule has 4 rings (SSSR count). The van der Waals surface area contributed by atoms with Crippen LogP contribution in [0.15, 0.2) is 40.9 Å². The standard InChI is InChI=1S/C25H23BrCl2N2O5/c1-12-6-15(7-13(2)22(12)26)29-21(31)11-35-25(34)14-4-3-5-16(8-14)30-23(32)17-9-19(27)20(28)10-18(17)24(30)33/h3-8,17-20H,9-11H2,1-2H3,(H,29,31)/t17-,18-,19+,20+/m1/s1. The molecule has 2 fully saturated rings. The third-order valence-electron chi connectivity index (χ3n) is 6.31. The topological polar surface area (TPSA) is 92.8 Å². The van der Waals surface area contributed by atoms with E-state index >= 15 is 0 Å². The van der Waals surface area contributed by atoms with E-state index in [2.05, 4.69) is 21.2 Å². The van der Waals surface area contributed by atoms with Gasteiger partial charge < -0.3 is 10.1 Å². The molecule has 0 radical (unpaired) electrons. The largest absolute Gasteiger partial charge is 0.452 e. The second kappa shape index (κ2) is 10.3. The van der Waals surface area contributed by atoms with Crippen LogP contribution >= 0.6 is 39.1 Å². The molecule has 1 aliphatic carbocycles. The highest BCUT2D eigenvalue weighted by Crippen LogP contribution is 2.43. The Morgan fingerprint density at radius 3 is 2.17 bits per heavy atom. The fourth-order valence-corrected chi connectivity index (χ4v) is 5.37. The molecule has 1 N–H and O–H groups in total. The quantitative estimate of drug-likeness (QED) is 0.305. The Hall–Kier alpha value is -2.42. The molecule has 2 aromatic carbocycles. The van der Waals surface area contributed by atoms with Crippen LogP contribution in [0, 0.1) is 25.7 Å². The van der Waals surface area contributed by atoms with E-state index in [0.29, 0.717) is 18.5 Å². The van der Waals surface area contributed by atoms with E-state index in [4.69, 9.17) is 27.9 Å². The lowest BCUT2D eigenvalue weighted by Gasteiger charge is -2.28. The van der Waals surface area contributed by atoms with Gasteiger partial charge in [0.1, 0.15) is 0 Å².